The Balaban J connectivity index is 2.26. The van der Waals surface area contributed by atoms with Crippen LogP contribution in [0.4, 0.5) is 0 Å². The second-order valence-corrected chi connectivity index (χ2v) is 5.76. The van der Waals surface area contributed by atoms with Crippen LogP contribution in [0.25, 0.3) is 10.9 Å². The molecule has 0 aliphatic heterocycles. The number of rotatable bonds is 6. The zero-order valence-corrected chi connectivity index (χ0v) is 12.8. The predicted molar refractivity (Wildman–Crippen MR) is 83.9 cm³/mol. The van der Waals surface area contributed by atoms with Crippen LogP contribution >= 0.6 is 0 Å². The average Bonchev–Trinajstić information content (AvgIpc) is 2.48. The van der Waals surface area contributed by atoms with Crippen LogP contribution in [0, 0.1) is 0 Å². The van der Waals surface area contributed by atoms with Crippen LogP contribution in [0.3, 0.4) is 0 Å². The van der Waals surface area contributed by atoms with Gasteiger partial charge in [-0.25, -0.2) is 0 Å². The normalized spacial score (nSPS) is 13.6. The Morgan fingerprint density at radius 1 is 1.25 bits per heavy atom. The Morgan fingerprint density at radius 2 is 2.05 bits per heavy atom. The Morgan fingerprint density at radius 3 is 2.75 bits per heavy atom. The molecule has 108 valence electrons. The standard InChI is InChI=1S/C17H24N2O/c1-17(2,20-4)11-10-15(18-3)13-7-5-9-16-14(13)8-6-12-19-16/h5-9,12,15,18H,10-11H2,1-4H3. The summed E-state index contributed by atoms with van der Waals surface area (Å²) in [5, 5.41) is 4.65. The van der Waals surface area contributed by atoms with E-state index in [0.29, 0.717) is 6.04 Å². The Kier molecular flexibility index (Phi) is 4.73. The highest BCUT2D eigenvalue weighted by Gasteiger charge is 2.20. The van der Waals surface area contributed by atoms with Crippen molar-refractivity contribution in [3.05, 3.63) is 42.1 Å². The van der Waals surface area contributed by atoms with Gasteiger partial charge in [0.15, 0.2) is 0 Å². The van der Waals surface area contributed by atoms with E-state index in [1.165, 1.54) is 10.9 Å². The highest BCUT2D eigenvalue weighted by Crippen LogP contribution is 2.28. The second kappa shape index (κ2) is 6.33. The van der Waals surface area contributed by atoms with Gasteiger partial charge in [0.05, 0.1) is 11.1 Å². The molecule has 0 aliphatic rings. The molecule has 0 radical (unpaired) electrons. The third-order valence-electron chi connectivity index (χ3n) is 3.99. The summed E-state index contributed by atoms with van der Waals surface area (Å²) >= 11 is 0. The van der Waals surface area contributed by atoms with E-state index in [9.17, 15) is 0 Å². The van der Waals surface area contributed by atoms with Crippen LogP contribution in [0.15, 0.2) is 36.5 Å². The van der Waals surface area contributed by atoms with Crippen LogP contribution in [-0.2, 0) is 4.74 Å². The first-order valence-electron chi connectivity index (χ1n) is 7.13. The number of nitrogens with one attached hydrogen (secondary N) is 1. The summed E-state index contributed by atoms with van der Waals surface area (Å²) < 4.78 is 5.52. The van der Waals surface area contributed by atoms with Crippen molar-refractivity contribution in [3.8, 4) is 0 Å². The summed E-state index contributed by atoms with van der Waals surface area (Å²) in [6, 6.07) is 10.8. The third kappa shape index (κ3) is 3.35. The van der Waals surface area contributed by atoms with E-state index in [4.69, 9.17) is 4.74 Å². The highest BCUT2D eigenvalue weighted by molar-refractivity contribution is 5.82. The summed E-state index contributed by atoms with van der Waals surface area (Å²) in [5.41, 5.74) is 2.28. The minimum atomic E-state index is -0.0854. The highest BCUT2D eigenvalue weighted by atomic mass is 16.5. The topological polar surface area (TPSA) is 34.1 Å². The van der Waals surface area contributed by atoms with Crippen LogP contribution in [0.5, 0.6) is 0 Å². The maximum atomic E-state index is 5.52. The Bertz CT molecular complexity index is 560. The minimum Gasteiger partial charge on any atom is -0.379 e. The van der Waals surface area contributed by atoms with Crippen molar-refractivity contribution in [1.29, 1.82) is 0 Å². The molecule has 1 aromatic heterocycles. The van der Waals surface area contributed by atoms with Gasteiger partial charge in [0.1, 0.15) is 0 Å². The van der Waals surface area contributed by atoms with E-state index in [1.807, 2.05) is 19.3 Å². The number of aromatic nitrogens is 1. The van der Waals surface area contributed by atoms with Gasteiger partial charge in [-0.2, -0.15) is 0 Å². The van der Waals surface area contributed by atoms with Crippen molar-refractivity contribution in [2.75, 3.05) is 14.2 Å². The van der Waals surface area contributed by atoms with Crippen molar-refractivity contribution in [3.63, 3.8) is 0 Å². The lowest BCUT2D eigenvalue weighted by molar-refractivity contribution is 0.0118. The van der Waals surface area contributed by atoms with Gasteiger partial charge in [0.2, 0.25) is 0 Å². The molecule has 0 saturated carbocycles. The lowest BCUT2D eigenvalue weighted by atomic mass is 9.93. The molecule has 0 saturated heterocycles. The van der Waals surface area contributed by atoms with Crippen LogP contribution in [0.2, 0.25) is 0 Å². The summed E-state index contributed by atoms with van der Waals surface area (Å²) in [7, 11) is 3.79. The number of nitrogens with zero attached hydrogens (tertiary/aromatic N) is 1. The zero-order valence-electron chi connectivity index (χ0n) is 12.8. The third-order valence-corrected chi connectivity index (χ3v) is 3.99. The van der Waals surface area contributed by atoms with E-state index in [0.717, 1.165) is 18.4 Å². The van der Waals surface area contributed by atoms with Gasteiger partial charge < -0.3 is 10.1 Å². The summed E-state index contributed by atoms with van der Waals surface area (Å²) in [6.45, 7) is 4.26. The van der Waals surface area contributed by atoms with E-state index in [2.05, 4.69) is 48.4 Å². The van der Waals surface area contributed by atoms with Crippen molar-refractivity contribution in [2.24, 2.45) is 0 Å². The van der Waals surface area contributed by atoms with E-state index < -0.39 is 0 Å². The molecule has 0 aliphatic carbocycles. The van der Waals surface area contributed by atoms with Crippen molar-refractivity contribution in [1.82, 2.24) is 10.3 Å². The fraction of sp³-hybridized carbons (Fsp3) is 0.471. The predicted octanol–water partition coefficient (Wildman–Crippen LogP) is 3.70. The molecule has 0 fully saturated rings. The van der Waals surface area contributed by atoms with Gasteiger partial charge in [0.25, 0.3) is 0 Å². The monoisotopic (exact) mass is 272 g/mol. The molecule has 0 amide bonds. The number of fused-ring (bicyclic) bond motifs is 1. The minimum absolute atomic E-state index is 0.0854. The molecular weight excluding hydrogens is 248 g/mol. The van der Waals surface area contributed by atoms with Gasteiger partial charge in [-0.15, -0.1) is 0 Å². The zero-order chi connectivity index (χ0) is 14.6. The lowest BCUT2D eigenvalue weighted by Crippen LogP contribution is -2.26. The fourth-order valence-corrected chi connectivity index (χ4v) is 2.48. The second-order valence-electron chi connectivity index (χ2n) is 5.76. The van der Waals surface area contributed by atoms with Crippen LogP contribution in [0.1, 0.15) is 38.3 Å². The number of benzene rings is 1. The van der Waals surface area contributed by atoms with Gasteiger partial charge in [-0.1, -0.05) is 18.2 Å². The summed E-state index contributed by atoms with van der Waals surface area (Å²) in [6.07, 6.45) is 3.88. The molecule has 1 heterocycles. The molecule has 1 N–H and O–H groups in total. The lowest BCUT2D eigenvalue weighted by Gasteiger charge is -2.26. The molecule has 1 unspecified atom stereocenters. The number of hydrogen-bond acceptors (Lipinski definition) is 3. The summed E-state index contributed by atoms with van der Waals surface area (Å²) in [5.74, 6) is 0. The molecule has 2 aromatic rings. The van der Waals surface area contributed by atoms with E-state index >= 15 is 0 Å². The quantitative estimate of drug-likeness (QED) is 0.870. The molecule has 2 rings (SSSR count). The molecule has 0 spiro atoms. The van der Waals surface area contributed by atoms with Gasteiger partial charge in [0, 0.05) is 24.7 Å². The Labute approximate surface area is 121 Å². The molecule has 1 atom stereocenters. The first kappa shape index (κ1) is 14.9. The van der Waals surface area contributed by atoms with Gasteiger partial charge in [-0.3, -0.25) is 4.98 Å². The molecule has 3 nitrogen and oxygen atoms in total. The fourth-order valence-electron chi connectivity index (χ4n) is 2.48. The number of pyridine rings is 1. The van der Waals surface area contributed by atoms with Crippen LogP contribution in [-0.4, -0.2) is 24.7 Å². The maximum Gasteiger partial charge on any atom is 0.0705 e. The van der Waals surface area contributed by atoms with E-state index in [1.54, 1.807) is 7.11 Å². The molecule has 1 aromatic carbocycles. The number of hydrogen-bond donors (Lipinski definition) is 1. The average molecular weight is 272 g/mol. The van der Waals surface area contributed by atoms with Crippen molar-refractivity contribution in [2.45, 2.75) is 38.3 Å². The first-order valence-corrected chi connectivity index (χ1v) is 7.13. The first-order chi connectivity index (χ1) is 9.57. The SMILES string of the molecule is CNC(CCC(C)(C)OC)c1cccc2ncccc12. The van der Waals surface area contributed by atoms with E-state index in [-0.39, 0.29) is 5.60 Å². The molecule has 3 heteroatoms. The van der Waals surface area contributed by atoms with Crippen molar-refractivity contribution >= 4 is 10.9 Å². The largest absolute Gasteiger partial charge is 0.379 e. The molecule has 0 bridgehead atoms. The molecule has 20 heavy (non-hydrogen) atoms. The smallest absolute Gasteiger partial charge is 0.0705 e. The maximum absolute atomic E-state index is 5.52. The Hall–Kier alpha value is -1.45. The van der Waals surface area contributed by atoms with Gasteiger partial charge in [-0.05, 0) is 51.4 Å². The molecular formula is C17H24N2O. The number of methoxy groups -OCH3 is 1. The number of ether oxygens (including phenoxy) is 1. The van der Waals surface area contributed by atoms with Gasteiger partial charge >= 0.3 is 0 Å². The van der Waals surface area contributed by atoms with Crippen LogP contribution < -0.4 is 5.32 Å². The van der Waals surface area contributed by atoms with Crippen molar-refractivity contribution < 1.29 is 4.74 Å². The summed E-state index contributed by atoms with van der Waals surface area (Å²) in [4.78, 5) is 4.43.